The molecule has 0 radical (unpaired) electrons. The van der Waals surface area contributed by atoms with Crippen molar-refractivity contribution in [1.82, 2.24) is 10.1 Å². The van der Waals surface area contributed by atoms with Gasteiger partial charge in [0.25, 0.3) is 5.91 Å². The van der Waals surface area contributed by atoms with Crippen LogP contribution in [0.4, 0.5) is 5.69 Å². The molecular formula is C23H25N3O4. The molecule has 7 nitrogen and oxygen atoms in total. The molecule has 0 spiro atoms. The zero-order chi connectivity index (χ0) is 21.1. The molecule has 1 amide bonds. The zero-order valence-electron chi connectivity index (χ0n) is 17.4. The number of aromatic nitrogens is 2. The molecule has 1 heterocycles. The van der Waals surface area contributed by atoms with Gasteiger partial charge in [-0.15, -0.1) is 0 Å². The quantitative estimate of drug-likeness (QED) is 0.550. The lowest BCUT2D eigenvalue weighted by Gasteiger charge is -2.30. The molecule has 0 N–H and O–H groups in total. The SMILES string of the molecule is COc1ccc(N(C(=O)c2ccc(OCc3noc(C)n3)cc2)C(C)C2CC2)cc1. The van der Waals surface area contributed by atoms with E-state index >= 15 is 0 Å². The second kappa shape index (κ2) is 8.57. The number of amides is 1. The second-order valence-electron chi connectivity index (χ2n) is 7.49. The topological polar surface area (TPSA) is 77.7 Å². The summed E-state index contributed by atoms with van der Waals surface area (Å²) in [6.45, 7) is 4.06. The summed E-state index contributed by atoms with van der Waals surface area (Å²) in [5, 5.41) is 3.81. The van der Waals surface area contributed by atoms with Crippen LogP contribution in [0, 0.1) is 12.8 Å². The van der Waals surface area contributed by atoms with Gasteiger partial charge in [0.05, 0.1) is 7.11 Å². The van der Waals surface area contributed by atoms with Crippen LogP contribution in [0.25, 0.3) is 0 Å². The molecule has 1 aromatic heterocycles. The maximum atomic E-state index is 13.4. The fraction of sp³-hybridized carbons (Fsp3) is 0.348. The lowest BCUT2D eigenvalue weighted by molar-refractivity contribution is 0.0975. The third-order valence-corrected chi connectivity index (χ3v) is 5.32. The Morgan fingerprint density at radius 1 is 1.13 bits per heavy atom. The summed E-state index contributed by atoms with van der Waals surface area (Å²) in [5.74, 6) is 2.90. The Bertz CT molecular complexity index is 994. The summed E-state index contributed by atoms with van der Waals surface area (Å²) >= 11 is 0. The highest BCUT2D eigenvalue weighted by Gasteiger charge is 2.35. The standard InChI is InChI=1S/C23H25N3O4/c1-15(17-4-5-17)26(19-8-12-20(28-3)13-9-19)23(27)18-6-10-21(11-7-18)29-14-22-24-16(2)30-25-22/h6-13,15,17H,4-5,14H2,1-3H3. The van der Waals surface area contributed by atoms with E-state index in [0.717, 1.165) is 24.3 Å². The number of aryl methyl sites for hydroxylation is 1. The number of hydrogen-bond acceptors (Lipinski definition) is 6. The Balaban J connectivity index is 1.50. The van der Waals surface area contributed by atoms with E-state index in [1.807, 2.05) is 29.2 Å². The molecular weight excluding hydrogens is 382 g/mol. The third kappa shape index (κ3) is 4.45. The number of carbonyl (C=O) groups excluding carboxylic acids is 1. The van der Waals surface area contributed by atoms with E-state index in [9.17, 15) is 4.79 Å². The molecule has 1 aliphatic rings. The number of carbonyl (C=O) groups is 1. The van der Waals surface area contributed by atoms with Gasteiger partial charge in [-0.1, -0.05) is 5.16 Å². The van der Waals surface area contributed by atoms with E-state index in [-0.39, 0.29) is 18.6 Å². The van der Waals surface area contributed by atoms with Crippen LogP contribution < -0.4 is 14.4 Å². The summed E-state index contributed by atoms with van der Waals surface area (Å²) in [6.07, 6.45) is 2.31. The number of rotatable bonds is 8. The molecule has 7 heteroatoms. The van der Waals surface area contributed by atoms with Crippen LogP contribution in [-0.4, -0.2) is 29.2 Å². The first-order valence-electron chi connectivity index (χ1n) is 10.0. The summed E-state index contributed by atoms with van der Waals surface area (Å²) in [7, 11) is 1.63. The molecule has 0 aliphatic heterocycles. The van der Waals surface area contributed by atoms with Crippen LogP contribution in [0.3, 0.4) is 0 Å². The van der Waals surface area contributed by atoms with Crippen molar-refractivity contribution in [3.63, 3.8) is 0 Å². The van der Waals surface area contributed by atoms with Crippen molar-refractivity contribution in [2.45, 2.75) is 39.3 Å². The number of ether oxygens (including phenoxy) is 2. The lowest BCUT2D eigenvalue weighted by atomic mass is 10.1. The van der Waals surface area contributed by atoms with Crippen LogP contribution in [-0.2, 0) is 6.61 Å². The van der Waals surface area contributed by atoms with Gasteiger partial charge in [-0.3, -0.25) is 4.79 Å². The van der Waals surface area contributed by atoms with Crippen LogP contribution in [0.2, 0.25) is 0 Å². The van der Waals surface area contributed by atoms with Crippen LogP contribution >= 0.6 is 0 Å². The minimum absolute atomic E-state index is 0.0279. The maximum Gasteiger partial charge on any atom is 0.258 e. The van der Waals surface area contributed by atoms with Crippen molar-refractivity contribution >= 4 is 11.6 Å². The number of hydrogen-bond donors (Lipinski definition) is 0. The fourth-order valence-corrected chi connectivity index (χ4v) is 3.45. The monoisotopic (exact) mass is 407 g/mol. The average Bonchev–Trinajstić information content (AvgIpc) is 3.54. The van der Waals surface area contributed by atoms with Crippen molar-refractivity contribution in [2.75, 3.05) is 12.0 Å². The Morgan fingerprint density at radius 3 is 2.37 bits per heavy atom. The van der Waals surface area contributed by atoms with Gasteiger partial charge in [0, 0.05) is 24.2 Å². The van der Waals surface area contributed by atoms with Crippen molar-refractivity contribution in [3.05, 3.63) is 65.8 Å². The maximum absolute atomic E-state index is 13.4. The van der Waals surface area contributed by atoms with Crippen LogP contribution in [0.5, 0.6) is 11.5 Å². The summed E-state index contributed by atoms with van der Waals surface area (Å²) in [4.78, 5) is 19.4. The lowest BCUT2D eigenvalue weighted by Crippen LogP contribution is -2.40. The zero-order valence-corrected chi connectivity index (χ0v) is 17.4. The van der Waals surface area contributed by atoms with Crippen molar-refractivity contribution in [2.24, 2.45) is 5.92 Å². The van der Waals surface area contributed by atoms with Gasteiger partial charge < -0.3 is 18.9 Å². The molecule has 1 unspecified atom stereocenters. The van der Waals surface area contributed by atoms with Gasteiger partial charge >= 0.3 is 0 Å². The van der Waals surface area contributed by atoms with Crippen LogP contribution in [0.15, 0.2) is 53.1 Å². The summed E-state index contributed by atoms with van der Waals surface area (Å²) in [6, 6.07) is 14.9. The number of anilines is 1. The summed E-state index contributed by atoms with van der Waals surface area (Å²) < 4.78 is 15.9. The average molecular weight is 407 g/mol. The first-order chi connectivity index (χ1) is 14.5. The molecule has 1 saturated carbocycles. The summed E-state index contributed by atoms with van der Waals surface area (Å²) in [5.41, 5.74) is 1.48. The molecule has 0 saturated heterocycles. The van der Waals surface area contributed by atoms with E-state index in [2.05, 4.69) is 17.1 Å². The van der Waals surface area contributed by atoms with Gasteiger partial charge in [0.15, 0.2) is 6.61 Å². The van der Waals surface area contributed by atoms with Gasteiger partial charge in [0.1, 0.15) is 11.5 Å². The van der Waals surface area contributed by atoms with E-state index in [1.54, 1.807) is 38.3 Å². The normalized spacial score (nSPS) is 14.2. The smallest absolute Gasteiger partial charge is 0.258 e. The van der Waals surface area contributed by atoms with Gasteiger partial charge in [-0.05, 0) is 74.2 Å². The first-order valence-corrected chi connectivity index (χ1v) is 10.0. The Labute approximate surface area is 175 Å². The largest absolute Gasteiger partial charge is 0.497 e. The highest BCUT2D eigenvalue weighted by molar-refractivity contribution is 6.06. The molecule has 30 heavy (non-hydrogen) atoms. The molecule has 2 aromatic carbocycles. The van der Waals surface area contributed by atoms with E-state index < -0.39 is 0 Å². The van der Waals surface area contributed by atoms with E-state index in [4.69, 9.17) is 14.0 Å². The minimum Gasteiger partial charge on any atom is -0.497 e. The highest BCUT2D eigenvalue weighted by atomic mass is 16.5. The molecule has 1 atom stereocenters. The van der Waals surface area contributed by atoms with Crippen molar-refractivity contribution in [3.8, 4) is 11.5 Å². The number of methoxy groups -OCH3 is 1. The predicted molar refractivity (Wildman–Crippen MR) is 112 cm³/mol. The first kappa shape index (κ1) is 19.9. The Hall–Kier alpha value is -3.35. The van der Waals surface area contributed by atoms with E-state index in [0.29, 0.717) is 28.9 Å². The molecule has 0 bridgehead atoms. The molecule has 3 aromatic rings. The second-order valence-corrected chi connectivity index (χ2v) is 7.49. The molecule has 1 fully saturated rings. The van der Waals surface area contributed by atoms with Gasteiger partial charge in [0.2, 0.25) is 11.7 Å². The van der Waals surface area contributed by atoms with Gasteiger partial charge in [-0.2, -0.15) is 4.98 Å². The molecule has 4 rings (SSSR count). The number of benzene rings is 2. The van der Waals surface area contributed by atoms with Gasteiger partial charge in [-0.25, -0.2) is 0 Å². The van der Waals surface area contributed by atoms with Crippen molar-refractivity contribution in [1.29, 1.82) is 0 Å². The Kier molecular flexibility index (Phi) is 5.70. The highest BCUT2D eigenvalue weighted by Crippen LogP contribution is 2.38. The molecule has 1 aliphatic carbocycles. The van der Waals surface area contributed by atoms with E-state index in [1.165, 1.54) is 0 Å². The Morgan fingerprint density at radius 2 is 1.80 bits per heavy atom. The number of nitrogens with zero attached hydrogens (tertiary/aromatic N) is 3. The fourth-order valence-electron chi connectivity index (χ4n) is 3.45. The predicted octanol–water partition coefficient (Wildman–Crippen LogP) is 4.41. The molecule has 156 valence electrons. The minimum atomic E-state index is -0.0279. The van der Waals surface area contributed by atoms with Crippen LogP contribution in [0.1, 0.15) is 41.8 Å². The third-order valence-electron chi connectivity index (χ3n) is 5.32. The van der Waals surface area contributed by atoms with Crippen molar-refractivity contribution < 1.29 is 18.8 Å².